The lowest BCUT2D eigenvalue weighted by atomic mass is 9.85. The average molecular weight is 384 g/mol. The van der Waals surface area contributed by atoms with E-state index in [1.54, 1.807) is 0 Å². The number of allylic oxidation sites excluding steroid dienone is 2. The summed E-state index contributed by atoms with van der Waals surface area (Å²) in [5.41, 5.74) is 0.941. The lowest BCUT2D eigenvalue weighted by molar-refractivity contribution is -0.155. The van der Waals surface area contributed by atoms with E-state index in [0.717, 1.165) is 10.5 Å². The van der Waals surface area contributed by atoms with Crippen molar-refractivity contribution in [2.45, 2.75) is 38.8 Å². The molecule has 1 N–H and O–H groups in total. The van der Waals surface area contributed by atoms with Crippen LogP contribution in [0, 0.1) is 11.8 Å². The molecule has 3 atom stereocenters. The number of carbonyl (C=O) groups is 4. The molecular formula is C21H24N2O5. The number of rotatable bonds is 7. The molecule has 1 aliphatic heterocycles. The zero-order valence-electron chi connectivity index (χ0n) is 15.8. The maximum absolute atomic E-state index is 12.4. The van der Waals surface area contributed by atoms with Gasteiger partial charge in [0.15, 0.2) is 6.10 Å². The zero-order chi connectivity index (χ0) is 20.1. The number of carbonyl (C=O) groups excluding carboxylic acids is 4. The molecule has 0 unspecified atom stereocenters. The van der Waals surface area contributed by atoms with Gasteiger partial charge in [-0.2, -0.15) is 0 Å². The number of ether oxygens (including phenoxy) is 1. The van der Waals surface area contributed by atoms with Crippen LogP contribution in [0.1, 0.15) is 31.7 Å². The molecule has 148 valence electrons. The Hall–Kier alpha value is -2.96. The molecule has 3 rings (SSSR count). The lowest BCUT2D eigenvalue weighted by Gasteiger charge is -2.16. The molecule has 7 nitrogen and oxygen atoms in total. The highest BCUT2D eigenvalue weighted by Crippen LogP contribution is 2.34. The van der Waals surface area contributed by atoms with Crippen LogP contribution in [-0.4, -0.2) is 41.2 Å². The Balaban J connectivity index is 1.43. The molecule has 0 saturated carbocycles. The van der Waals surface area contributed by atoms with Crippen LogP contribution in [-0.2, 0) is 30.5 Å². The van der Waals surface area contributed by atoms with E-state index in [1.807, 2.05) is 42.5 Å². The van der Waals surface area contributed by atoms with Crippen molar-refractivity contribution in [3.63, 3.8) is 0 Å². The van der Waals surface area contributed by atoms with Crippen molar-refractivity contribution in [2.75, 3.05) is 6.54 Å². The minimum Gasteiger partial charge on any atom is -0.452 e. The highest BCUT2D eigenvalue weighted by Gasteiger charge is 2.47. The number of amides is 3. The molecule has 1 saturated heterocycles. The van der Waals surface area contributed by atoms with E-state index in [2.05, 4.69) is 5.32 Å². The summed E-state index contributed by atoms with van der Waals surface area (Å²) in [6.07, 6.45) is 3.89. The number of hydrogen-bond acceptors (Lipinski definition) is 5. The number of benzene rings is 1. The Bertz CT molecular complexity index is 763. The van der Waals surface area contributed by atoms with Crippen LogP contribution in [0.25, 0.3) is 0 Å². The molecule has 1 aliphatic carbocycles. The smallest absolute Gasteiger partial charge is 0.308 e. The minimum absolute atomic E-state index is 0.0120. The van der Waals surface area contributed by atoms with Gasteiger partial charge in [0, 0.05) is 13.1 Å². The Morgan fingerprint density at radius 2 is 1.71 bits per heavy atom. The van der Waals surface area contributed by atoms with Crippen molar-refractivity contribution in [1.82, 2.24) is 10.2 Å². The largest absolute Gasteiger partial charge is 0.452 e. The van der Waals surface area contributed by atoms with Gasteiger partial charge in [-0.15, -0.1) is 0 Å². The maximum Gasteiger partial charge on any atom is 0.308 e. The minimum atomic E-state index is -0.951. The highest BCUT2D eigenvalue weighted by atomic mass is 16.5. The first-order chi connectivity index (χ1) is 13.5. The summed E-state index contributed by atoms with van der Waals surface area (Å²) in [6.45, 7) is 1.82. The van der Waals surface area contributed by atoms with Crippen LogP contribution >= 0.6 is 0 Å². The Labute approximate surface area is 163 Å². The summed E-state index contributed by atoms with van der Waals surface area (Å²) < 4.78 is 5.14. The van der Waals surface area contributed by atoms with Gasteiger partial charge in [-0.25, -0.2) is 0 Å². The first-order valence-electron chi connectivity index (χ1n) is 9.48. The molecule has 28 heavy (non-hydrogen) atoms. The van der Waals surface area contributed by atoms with Gasteiger partial charge in [-0.05, 0) is 25.3 Å². The predicted molar refractivity (Wildman–Crippen MR) is 101 cm³/mol. The van der Waals surface area contributed by atoms with E-state index in [4.69, 9.17) is 4.74 Å². The summed E-state index contributed by atoms with van der Waals surface area (Å²) in [5, 5.41) is 2.71. The average Bonchev–Trinajstić information content (AvgIpc) is 2.95. The number of nitrogens with one attached hydrogen (secondary N) is 1. The fourth-order valence-electron chi connectivity index (χ4n) is 3.53. The summed E-state index contributed by atoms with van der Waals surface area (Å²) in [5.74, 6) is -2.08. The standard InChI is InChI=1S/C21H24N2O5/c1-14(19(25)22-13-15-7-3-2-4-8-15)28-18(24)11-12-23-20(26)16-9-5-6-10-17(16)21(23)27/h2-8,14,16-17H,9-13H2,1H3,(H,22,25)/t14-,16-,17+/m1/s1. The van der Waals surface area contributed by atoms with E-state index in [0.29, 0.717) is 19.4 Å². The van der Waals surface area contributed by atoms with Crippen LogP contribution in [0.4, 0.5) is 0 Å². The molecule has 1 aromatic rings. The van der Waals surface area contributed by atoms with Crippen LogP contribution < -0.4 is 5.32 Å². The number of nitrogens with zero attached hydrogens (tertiary/aromatic N) is 1. The van der Waals surface area contributed by atoms with Crippen molar-refractivity contribution in [3.05, 3.63) is 48.0 Å². The van der Waals surface area contributed by atoms with Gasteiger partial charge in [0.1, 0.15) is 0 Å². The molecule has 3 amide bonds. The molecule has 1 fully saturated rings. The number of imide groups is 1. The normalized spacial score (nSPS) is 22.0. The molecule has 7 heteroatoms. The monoisotopic (exact) mass is 384 g/mol. The third-order valence-corrected chi connectivity index (χ3v) is 5.13. The molecule has 0 radical (unpaired) electrons. The van der Waals surface area contributed by atoms with Crippen molar-refractivity contribution in [2.24, 2.45) is 11.8 Å². The summed E-state index contributed by atoms with van der Waals surface area (Å²) in [7, 11) is 0. The van der Waals surface area contributed by atoms with Gasteiger partial charge >= 0.3 is 5.97 Å². The lowest BCUT2D eigenvalue weighted by Crippen LogP contribution is -2.37. The molecule has 0 spiro atoms. The van der Waals surface area contributed by atoms with Crippen LogP contribution in [0.5, 0.6) is 0 Å². The van der Waals surface area contributed by atoms with Gasteiger partial charge in [-0.3, -0.25) is 24.1 Å². The van der Waals surface area contributed by atoms with Crippen molar-refractivity contribution in [3.8, 4) is 0 Å². The fourth-order valence-corrected chi connectivity index (χ4v) is 3.53. The summed E-state index contributed by atoms with van der Waals surface area (Å²) in [6, 6.07) is 9.40. The van der Waals surface area contributed by atoms with E-state index >= 15 is 0 Å². The van der Waals surface area contributed by atoms with Crippen molar-refractivity contribution < 1.29 is 23.9 Å². The molecule has 2 aliphatic rings. The Kier molecular flexibility index (Phi) is 6.23. The van der Waals surface area contributed by atoms with E-state index < -0.39 is 18.0 Å². The van der Waals surface area contributed by atoms with E-state index in [-0.39, 0.29) is 36.6 Å². The SMILES string of the molecule is C[C@@H](OC(=O)CCN1C(=O)[C@H]2CC=CC[C@H]2C1=O)C(=O)NCc1ccccc1. The number of fused-ring (bicyclic) bond motifs is 1. The van der Waals surface area contributed by atoms with Gasteiger partial charge in [0.05, 0.1) is 18.3 Å². The first kappa shape index (κ1) is 19.8. The Morgan fingerprint density at radius 3 is 2.32 bits per heavy atom. The molecule has 0 aromatic heterocycles. The quantitative estimate of drug-likeness (QED) is 0.438. The topological polar surface area (TPSA) is 92.8 Å². The first-order valence-corrected chi connectivity index (χ1v) is 9.48. The molecule has 1 heterocycles. The molecular weight excluding hydrogens is 360 g/mol. The third kappa shape index (κ3) is 4.47. The zero-order valence-corrected chi connectivity index (χ0v) is 15.8. The van der Waals surface area contributed by atoms with Crippen LogP contribution in [0.3, 0.4) is 0 Å². The second-order valence-corrected chi connectivity index (χ2v) is 7.07. The third-order valence-electron chi connectivity index (χ3n) is 5.13. The van der Waals surface area contributed by atoms with Crippen LogP contribution in [0.15, 0.2) is 42.5 Å². The van der Waals surface area contributed by atoms with E-state index in [1.165, 1.54) is 6.92 Å². The van der Waals surface area contributed by atoms with Gasteiger partial charge in [-0.1, -0.05) is 42.5 Å². The van der Waals surface area contributed by atoms with Gasteiger partial charge < -0.3 is 10.1 Å². The number of hydrogen-bond donors (Lipinski definition) is 1. The van der Waals surface area contributed by atoms with Crippen molar-refractivity contribution >= 4 is 23.7 Å². The highest BCUT2D eigenvalue weighted by molar-refractivity contribution is 6.05. The van der Waals surface area contributed by atoms with Gasteiger partial charge in [0.25, 0.3) is 5.91 Å². The van der Waals surface area contributed by atoms with E-state index in [9.17, 15) is 19.2 Å². The van der Waals surface area contributed by atoms with Crippen molar-refractivity contribution in [1.29, 1.82) is 0 Å². The number of likely N-dealkylation sites (tertiary alicyclic amines) is 1. The second-order valence-electron chi connectivity index (χ2n) is 7.07. The Morgan fingerprint density at radius 1 is 1.11 bits per heavy atom. The number of esters is 1. The summed E-state index contributed by atoms with van der Waals surface area (Å²) >= 11 is 0. The van der Waals surface area contributed by atoms with Crippen LogP contribution in [0.2, 0.25) is 0 Å². The molecule has 0 bridgehead atoms. The fraction of sp³-hybridized carbons (Fsp3) is 0.429. The molecule has 1 aromatic carbocycles. The van der Waals surface area contributed by atoms with Gasteiger partial charge in [0.2, 0.25) is 11.8 Å². The predicted octanol–water partition coefficient (Wildman–Crippen LogP) is 1.58. The maximum atomic E-state index is 12.4. The summed E-state index contributed by atoms with van der Waals surface area (Å²) in [4.78, 5) is 50.0. The second kappa shape index (κ2) is 8.82.